The van der Waals surface area contributed by atoms with Crippen LogP contribution in [0.3, 0.4) is 0 Å². The fourth-order valence-electron chi connectivity index (χ4n) is 4.07. The van der Waals surface area contributed by atoms with Crippen LogP contribution in [0.5, 0.6) is 11.5 Å². The largest absolute Gasteiger partial charge is 0.290 e. The molecule has 0 atom stereocenters. The second kappa shape index (κ2) is 7.72. The maximum atomic E-state index is 6.20. The van der Waals surface area contributed by atoms with Crippen LogP contribution in [0.1, 0.15) is 103 Å². The molecule has 0 aliphatic heterocycles. The van der Waals surface area contributed by atoms with Crippen LogP contribution in [0.2, 0.25) is 0 Å². The van der Waals surface area contributed by atoms with E-state index < -0.39 is 0 Å². The quantitative estimate of drug-likeness (QED) is 0.313. The molecule has 4 heteroatoms. The van der Waals surface area contributed by atoms with Crippen LogP contribution in [0.15, 0.2) is 33.4 Å². The van der Waals surface area contributed by atoms with Gasteiger partial charge in [-0.1, -0.05) is 87.4 Å². The molecule has 3 rings (SSSR count). The van der Waals surface area contributed by atoms with Gasteiger partial charge in [0, 0.05) is 16.7 Å². The lowest BCUT2D eigenvalue weighted by Crippen LogP contribution is -2.26. The molecular weight excluding hydrogens is 376 g/mol. The third-order valence-electron chi connectivity index (χ3n) is 5.44. The summed E-state index contributed by atoms with van der Waals surface area (Å²) in [5, 5.41) is 0. The lowest BCUT2D eigenvalue weighted by molar-refractivity contribution is -0.104. The minimum atomic E-state index is -0.184. The van der Waals surface area contributed by atoms with Crippen molar-refractivity contribution >= 4 is 11.2 Å². The second-order valence-corrected chi connectivity index (χ2v) is 10.8. The number of benzene rings is 2. The fourth-order valence-corrected chi connectivity index (χ4v) is 4.07. The monoisotopic (exact) mass is 412 g/mol. The third-order valence-corrected chi connectivity index (χ3v) is 5.44. The van der Waals surface area contributed by atoms with Gasteiger partial charge in [0.1, 0.15) is 0 Å². The molecule has 0 aliphatic rings. The Hall–Kier alpha value is -2.36. The van der Waals surface area contributed by atoms with Gasteiger partial charge in [0.15, 0.2) is 11.5 Å². The van der Waals surface area contributed by atoms with Gasteiger partial charge in [-0.05, 0) is 28.7 Å². The lowest BCUT2D eigenvalue weighted by Gasteiger charge is -2.33. The molecule has 0 bridgehead atoms. The number of rotatable bonds is 5. The topological polar surface area (TPSA) is 44.7 Å². The van der Waals surface area contributed by atoms with E-state index in [9.17, 15) is 0 Å². The number of hydrogen-bond donors (Lipinski definition) is 0. The zero-order valence-electron chi connectivity index (χ0n) is 20.1. The van der Waals surface area contributed by atoms with Crippen molar-refractivity contribution in [3.8, 4) is 11.5 Å². The predicted octanol–water partition coefficient (Wildman–Crippen LogP) is 8.24. The minimum Gasteiger partial charge on any atom is -0.290 e. The van der Waals surface area contributed by atoms with Gasteiger partial charge in [-0.3, -0.25) is 18.9 Å². The molecule has 0 spiro atoms. The first kappa shape index (κ1) is 22.3. The number of fused-ring (bicyclic) bond motifs is 1. The van der Waals surface area contributed by atoms with Crippen molar-refractivity contribution < 1.29 is 18.9 Å². The molecular formula is C26H36O4. The third kappa shape index (κ3) is 3.97. The van der Waals surface area contributed by atoms with E-state index in [-0.39, 0.29) is 16.7 Å². The van der Waals surface area contributed by atoms with Crippen molar-refractivity contribution in [1.82, 2.24) is 0 Å². The molecule has 0 unspecified atom stereocenters. The van der Waals surface area contributed by atoms with Crippen molar-refractivity contribution in [3.63, 3.8) is 0 Å². The van der Waals surface area contributed by atoms with Crippen LogP contribution in [0.25, 0.3) is 11.2 Å². The van der Waals surface area contributed by atoms with E-state index in [1.54, 1.807) is 0 Å². The van der Waals surface area contributed by atoms with Crippen molar-refractivity contribution in [2.45, 2.75) is 91.9 Å². The van der Waals surface area contributed by atoms with E-state index in [1.165, 1.54) is 0 Å². The summed E-state index contributed by atoms with van der Waals surface area (Å²) in [7, 11) is 0. The summed E-state index contributed by atoms with van der Waals surface area (Å²) in [5.74, 6) is 1.98. The van der Waals surface area contributed by atoms with Crippen LogP contribution >= 0.6 is 0 Å². The summed E-state index contributed by atoms with van der Waals surface area (Å²) in [4.78, 5) is 12.2. The molecule has 164 valence electrons. The molecule has 0 aliphatic carbocycles. The minimum absolute atomic E-state index is 0.153. The average molecular weight is 413 g/mol. The van der Waals surface area contributed by atoms with Gasteiger partial charge in [-0.15, -0.1) is 0 Å². The summed E-state index contributed by atoms with van der Waals surface area (Å²) in [5.41, 5.74) is 5.55. The molecule has 0 amide bonds. The van der Waals surface area contributed by atoms with Gasteiger partial charge in [-0.2, -0.15) is 0 Å². The standard InChI is InChI=1S/C26H36O4/c1-15(2)17-13-11-12-14-18(17)27-28-22-19(16(3)4)23-24(30-29-23)21(26(8,9)10)20(22)25(5,6)7/h11-16H,1-10H3. The highest BCUT2D eigenvalue weighted by molar-refractivity contribution is 5.86. The summed E-state index contributed by atoms with van der Waals surface area (Å²) in [6.07, 6.45) is 0. The Kier molecular flexibility index (Phi) is 5.74. The van der Waals surface area contributed by atoms with Crippen LogP contribution in [-0.2, 0) is 10.8 Å². The van der Waals surface area contributed by atoms with E-state index in [0.29, 0.717) is 5.92 Å². The predicted molar refractivity (Wildman–Crippen MR) is 122 cm³/mol. The van der Waals surface area contributed by atoms with Crippen LogP contribution in [-0.4, -0.2) is 0 Å². The Balaban J connectivity index is 2.24. The molecule has 30 heavy (non-hydrogen) atoms. The Bertz CT molecular complexity index is 1020. The van der Waals surface area contributed by atoms with Gasteiger partial charge in [-0.25, -0.2) is 0 Å². The maximum Gasteiger partial charge on any atom is 0.233 e. The molecule has 0 N–H and O–H groups in total. The van der Waals surface area contributed by atoms with E-state index in [2.05, 4.69) is 75.3 Å². The Morgan fingerprint density at radius 1 is 0.700 bits per heavy atom. The molecule has 0 saturated carbocycles. The van der Waals surface area contributed by atoms with Crippen molar-refractivity contribution in [1.29, 1.82) is 0 Å². The van der Waals surface area contributed by atoms with Crippen molar-refractivity contribution in [2.24, 2.45) is 0 Å². The van der Waals surface area contributed by atoms with Gasteiger partial charge in [0.05, 0.1) is 5.56 Å². The van der Waals surface area contributed by atoms with Gasteiger partial charge >= 0.3 is 0 Å². The van der Waals surface area contributed by atoms with E-state index in [0.717, 1.165) is 44.9 Å². The van der Waals surface area contributed by atoms with Crippen LogP contribution < -0.4 is 9.78 Å². The zero-order chi connectivity index (χ0) is 22.4. The fraction of sp³-hybridized carbons (Fsp3) is 0.538. The molecule has 0 radical (unpaired) electrons. The zero-order valence-corrected chi connectivity index (χ0v) is 20.1. The Labute approximate surface area is 180 Å². The molecule has 1 heterocycles. The second-order valence-electron chi connectivity index (χ2n) is 10.8. The summed E-state index contributed by atoms with van der Waals surface area (Å²) in [6, 6.07) is 8.02. The van der Waals surface area contributed by atoms with Crippen molar-refractivity contribution in [3.05, 3.63) is 46.5 Å². The van der Waals surface area contributed by atoms with Crippen LogP contribution in [0.4, 0.5) is 0 Å². The highest BCUT2D eigenvalue weighted by Gasteiger charge is 2.38. The first-order chi connectivity index (χ1) is 13.8. The van der Waals surface area contributed by atoms with Crippen molar-refractivity contribution in [2.75, 3.05) is 0 Å². The lowest BCUT2D eigenvalue weighted by atomic mass is 9.72. The molecule has 0 saturated heterocycles. The normalized spacial score (nSPS) is 12.9. The molecule has 4 nitrogen and oxygen atoms in total. The van der Waals surface area contributed by atoms with Gasteiger partial charge in [0.2, 0.25) is 11.2 Å². The van der Waals surface area contributed by atoms with Gasteiger partial charge in [0.25, 0.3) is 0 Å². The Morgan fingerprint density at radius 3 is 1.73 bits per heavy atom. The summed E-state index contributed by atoms with van der Waals surface area (Å²) in [6.45, 7) is 21.7. The molecule has 1 aromatic heterocycles. The van der Waals surface area contributed by atoms with Crippen LogP contribution in [0, 0.1) is 0 Å². The maximum absolute atomic E-state index is 6.20. The Morgan fingerprint density at radius 2 is 1.27 bits per heavy atom. The molecule has 2 aromatic carbocycles. The van der Waals surface area contributed by atoms with E-state index >= 15 is 0 Å². The van der Waals surface area contributed by atoms with E-state index in [1.807, 2.05) is 18.2 Å². The summed E-state index contributed by atoms with van der Waals surface area (Å²) < 4.78 is 11.0. The van der Waals surface area contributed by atoms with E-state index in [4.69, 9.17) is 18.9 Å². The smallest absolute Gasteiger partial charge is 0.233 e. The SMILES string of the molecule is CC(C)c1ccccc1OOc1c(C(C)(C)C)c(C(C)(C)C)c2ooc2c1C(C)C. The molecule has 0 fully saturated rings. The first-order valence-electron chi connectivity index (χ1n) is 10.9. The van der Waals surface area contributed by atoms with Gasteiger partial charge < -0.3 is 0 Å². The first-order valence-corrected chi connectivity index (χ1v) is 10.9. The highest BCUT2D eigenvalue weighted by atomic mass is 17.2. The average Bonchev–Trinajstić information content (AvgIpc) is 2.58. The highest BCUT2D eigenvalue weighted by Crippen LogP contribution is 2.50. The number of hydrogen-bond acceptors (Lipinski definition) is 4. The summed E-state index contributed by atoms with van der Waals surface area (Å²) >= 11 is 0. The number of para-hydroxylation sites is 1. The molecule has 3 aromatic rings.